The second kappa shape index (κ2) is 6.34. The summed E-state index contributed by atoms with van der Waals surface area (Å²) in [5.41, 5.74) is 0. The number of likely N-dealkylation sites (N-methyl/N-ethyl adjacent to an activating group) is 1. The molecule has 0 spiro atoms. The third-order valence-corrected chi connectivity index (χ3v) is 2.13. The second-order valence-electron chi connectivity index (χ2n) is 3.25. The zero-order valence-corrected chi connectivity index (χ0v) is 9.50. The first kappa shape index (κ1) is 11.9. The van der Waals surface area contributed by atoms with Crippen molar-refractivity contribution in [1.29, 1.82) is 0 Å². The van der Waals surface area contributed by atoms with Crippen molar-refractivity contribution in [2.75, 3.05) is 26.7 Å². The van der Waals surface area contributed by atoms with Gasteiger partial charge in [0.2, 0.25) is 0 Å². The molecule has 0 saturated heterocycles. The molecule has 0 atom stereocenters. The van der Waals surface area contributed by atoms with Crippen LogP contribution in [0, 0.1) is 12.3 Å². The number of nitrogens with zero attached hydrogens (tertiary/aromatic N) is 1. The molecule has 1 aromatic carbocycles. The van der Waals surface area contributed by atoms with E-state index in [4.69, 9.17) is 22.8 Å². The van der Waals surface area contributed by atoms with Gasteiger partial charge in [-0.25, -0.2) is 0 Å². The van der Waals surface area contributed by atoms with Crippen molar-refractivity contribution in [2.45, 2.75) is 0 Å². The quantitative estimate of drug-likeness (QED) is 0.711. The summed E-state index contributed by atoms with van der Waals surface area (Å²) in [4.78, 5) is 2.02. The molecule has 0 heterocycles. The van der Waals surface area contributed by atoms with Crippen LogP contribution >= 0.6 is 11.6 Å². The first-order chi connectivity index (χ1) is 7.22. The van der Waals surface area contributed by atoms with Crippen molar-refractivity contribution in [3.63, 3.8) is 0 Å². The summed E-state index contributed by atoms with van der Waals surface area (Å²) in [6.07, 6.45) is 5.18. The zero-order valence-electron chi connectivity index (χ0n) is 8.74. The Morgan fingerprint density at radius 3 is 3.00 bits per heavy atom. The molecule has 0 fully saturated rings. The predicted octanol–water partition coefficient (Wildman–Crippen LogP) is 2.28. The number of hydrogen-bond donors (Lipinski definition) is 0. The standard InChI is InChI=1S/C12H14ClNO/c1-3-7-14(2)8-9-15-12-6-4-5-11(13)10-12/h1,4-6,10H,7-9H2,2H3. The van der Waals surface area contributed by atoms with E-state index in [2.05, 4.69) is 5.92 Å². The van der Waals surface area contributed by atoms with Crippen LogP contribution in [0.5, 0.6) is 5.75 Å². The van der Waals surface area contributed by atoms with Gasteiger partial charge in [-0.15, -0.1) is 6.42 Å². The number of halogens is 1. The maximum Gasteiger partial charge on any atom is 0.120 e. The van der Waals surface area contributed by atoms with E-state index in [1.165, 1.54) is 0 Å². The van der Waals surface area contributed by atoms with Crippen LogP contribution in [0.15, 0.2) is 24.3 Å². The van der Waals surface area contributed by atoms with E-state index < -0.39 is 0 Å². The molecule has 0 aliphatic rings. The fourth-order valence-corrected chi connectivity index (χ4v) is 1.29. The molecule has 3 heteroatoms. The van der Waals surface area contributed by atoms with Gasteiger partial charge in [0.05, 0.1) is 6.54 Å². The first-order valence-corrected chi connectivity index (χ1v) is 5.10. The Morgan fingerprint density at radius 1 is 1.53 bits per heavy atom. The molecule has 0 radical (unpaired) electrons. The normalized spacial score (nSPS) is 10.0. The Morgan fingerprint density at radius 2 is 2.33 bits per heavy atom. The zero-order chi connectivity index (χ0) is 11.1. The highest BCUT2D eigenvalue weighted by Crippen LogP contribution is 2.16. The monoisotopic (exact) mass is 223 g/mol. The fraction of sp³-hybridized carbons (Fsp3) is 0.333. The summed E-state index contributed by atoms with van der Waals surface area (Å²) < 4.78 is 5.51. The van der Waals surface area contributed by atoms with Crippen LogP contribution in [-0.4, -0.2) is 31.6 Å². The Labute approximate surface area is 95.8 Å². The average molecular weight is 224 g/mol. The third kappa shape index (κ3) is 4.73. The number of terminal acetylenes is 1. The van der Waals surface area contributed by atoms with E-state index in [1.54, 1.807) is 6.07 Å². The van der Waals surface area contributed by atoms with Gasteiger partial charge in [0.1, 0.15) is 12.4 Å². The largest absolute Gasteiger partial charge is 0.492 e. The summed E-state index contributed by atoms with van der Waals surface area (Å²) in [7, 11) is 1.96. The molecule has 1 aromatic rings. The van der Waals surface area contributed by atoms with E-state index >= 15 is 0 Å². The third-order valence-electron chi connectivity index (χ3n) is 1.90. The van der Waals surface area contributed by atoms with Gasteiger partial charge in [-0.05, 0) is 25.2 Å². The van der Waals surface area contributed by atoms with Crippen LogP contribution in [0.3, 0.4) is 0 Å². The number of benzene rings is 1. The van der Waals surface area contributed by atoms with Crippen LogP contribution in [0.25, 0.3) is 0 Å². The molecule has 0 bridgehead atoms. The highest BCUT2D eigenvalue weighted by Gasteiger charge is 1.97. The molecule has 0 aliphatic heterocycles. The van der Waals surface area contributed by atoms with Crippen LogP contribution in [0.2, 0.25) is 5.02 Å². The van der Waals surface area contributed by atoms with E-state index in [-0.39, 0.29) is 0 Å². The van der Waals surface area contributed by atoms with E-state index in [0.717, 1.165) is 12.3 Å². The molecule has 0 saturated carbocycles. The van der Waals surface area contributed by atoms with Crippen molar-refractivity contribution >= 4 is 11.6 Å². The molecule has 2 nitrogen and oxygen atoms in total. The number of hydrogen-bond acceptors (Lipinski definition) is 2. The van der Waals surface area contributed by atoms with Crippen LogP contribution in [-0.2, 0) is 0 Å². The van der Waals surface area contributed by atoms with E-state index in [1.807, 2.05) is 30.1 Å². The van der Waals surface area contributed by atoms with E-state index in [9.17, 15) is 0 Å². The van der Waals surface area contributed by atoms with Crippen LogP contribution in [0.1, 0.15) is 0 Å². The molecule has 80 valence electrons. The molecule has 0 amide bonds. The van der Waals surface area contributed by atoms with Crippen LogP contribution < -0.4 is 4.74 Å². The van der Waals surface area contributed by atoms with Gasteiger partial charge >= 0.3 is 0 Å². The topological polar surface area (TPSA) is 12.5 Å². The maximum absolute atomic E-state index is 5.82. The molecule has 0 N–H and O–H groups in total. The summed E-state index contributed by atoms with van der Waals surface area (Å²) >= 11 is 5.82. The van der Waals surface area contributed by atoms with E-state index in [0.29, 0.717) is 18.2 Å². The fourth-order valence-electron chi connectivity index (χ4n) is 1.11. The first-order valence-electron chi connectivity index (χ1n) is 4.73. The average Bonchev–Trinajstić information content (AvgIpc) is 2.18. The van der Waals surface area contributed by atoms with Gasteiger partial charge in [0.15, 0.2) is 0 Å². The highest BCUT2D eigenvalue weighted by molar-refractivity contribution is 6.30. The van der Waals surface area contributed by atoms with Gasteiger partial charge in [-0.3, -0.25) is 4.90 Å². The maximum atomic E-state index is 5.82. The lowest BCUT2D eigenvalue weighted by Crippen LogP contribution is -2.24. The minimum Gasteiger partial charge on any atom is -0.492 e. The molecule has 0 aromatic heterocycles. The minimum atomic E-state index is 0.610. The van der Waals surface area contributed by atoms with Crippen molar-refractivity contribution in [1.82, 2.24) is 4.90 Å². The van der Waals surface area contributed by atoms with Gasteiger partial charge in [0, 0.05) is 11.6 Å². The van der Waals surface area contributed by atoms with Gasteiger partial charge in [-0.1, -0.05) is 23.6 Å². The van der Waals surface area contributed by atoms with Gasteiger partial charge in [0.25, 0.3) is 0 Å². The molecular weight excluding hydrogens is 210 g/mol. The predicted molar refractivity (Wildman–Crippen MR) is 63.3 cm³/mol. The second-order valence-corrected chi connectivity index (χ2v) is 3.68. The Balaban J connectivity index is 2.29. The lowest BCUT2D eigenvalue weighted by molar-refractivity contribution is 0.251. The molecule has 15 heavy (non-hydrogen) atoms. The molecular formula is C12H14ClNO. The van der Waals surface area contributed by atoms with Gasteiger partial charge in [-0.2, -0.15) is 0 Å². The molecule has 0 aliphatic carbocycles. The van der Waals surface area contributed by atoms with Crippen molar-refractivity contribution in [3.8, 4) is 18.1 Å². The Kier molecular flexibility index (Phi) is 5.03. The van der Waals surface area contributed by atoms with Crippen LogP contribution in [0.4, 0.5) is 0 Å². The summed E-state index contributed by atoms with van der Waals surface area (Å²) in [5, 5.41) is 0.685. The minimum absolute atomic E-state index is 0.610. The smallest absolute Gasteiger partial charge is 0.120 e. The Hall–Kier alpha value is -1.17. The molecule has 1 rings (SSSR count). The summed E-state index contributed by atoms with van der Waals surface area (Å²) in [5.74, 6) is 3.36. The summed E-state index contributed by atoms with van der Waals surface area (Å²) in [6, 6.07) is 7.36. The van der Waals surface area contributed by atoms with Crippen molar-refractivity contribution in [2.24, 2.45) is 0 Å². The van der Waals surface area contributed by atoms with Crippen molar-refractivity contribution in [3.05, 3.63) is 29.3 Å². The lowest BCUT2D eigenvalue weighted by atomic mass is 10.3. The SMILES string of the molecule is C#CCN(C)CCOc1cccc(Cl)c1. The lowest BCUT2D eigenvalue weighted by Gasteiger charge is -2.13. The van der Waals surface area contributed by atoms with Gasteiger partial charge < -0.3 is 4.74 Å². The molecule has 0 unspecified atom stereocenters. The summed E-state index contributed by atoms with van der Waals surface area (Å²) in [6.45, 7) is 2.05. The Bertz CT molecular complexity index is 346. The number of ether oxygens (including phenoxy) is 1. The van der Waals surface area contributed by atoms with Crippen molar-refractivity contribution < 1.29 is 4.74 Å². The number of rotatable bonds is 5. The highest BCUT2D eigenvalue weighted by atomic mass is 35.5.